The molecule has 1 saturated heterocycles. The molecule has 5 heteroatoms. The summed E-state index contributed by atoms with van der Waals surface area (Å²) in [5.74, 6) is -0.521. The molecular weight excluding hydrogens is 331 g/mol. The second-order valence-corrected chi connectivity index (χ2v) is 6.86. The number of halogens is 1. The van der Waals surface area contributed by atoms with Gasteiger partial charge in [0.15, 0.2) is 5.60 Å². The van der Waals surface area contributed by atoms with Crippen LogP contribution in [0, 0.1) is 5.82 Å². The maximum absolute atomic E-state index is 13.7. The fraction of sp³-hybridized carbons (Fsp3) is 0.381. The van der Waals surface area contributed by atoms with E-state index in [9.17, 15) is 14.3 Å². The van der Waals surface area contributed by atoms with Crippen LogP contribution < -0.4 is 5.32 Å². The van der Waals surface area contributed by atoms with Crippen LogP contribution in [0.4, 0.5) is 4.39 Å². The van der Waals surface area contributed by atoms with Crippen LogP contribution in [0.1, 0.15) is 24.0 Å². The molecule has 0 aliphatic carbocycles. The maximum atomic E-state index is 13.7. The summed E-state index contributed by atoms with van der Waals surface area (Å²) in [6, 6.07) is 16.5. The molecule has 2 aromatic rings. The number of rotatable bonds is 7. The van der Waals surface area contributed by atoms with E-state index in [1.165, 1.54) is 11.6 Å². The normalized spacial score (nSPS) is 20.4. The van der Waals surface area contributed by atoms with E-state index < -0.39 is 5.60 Å². The molecule has 3 rings (SSSR count). The molecule has 1 unspecified atom stereocenters. The molecule has 1 aliphatic heterocycles. The number of carbonyl (C=O) groups excluding carboxylic acids is 1. The molecule has 1 aliphatic rings. The number of nitrogens with one attached hydrogen (secondary N) is 1. The molecule has 0 aromatic heterocycles. The van der Waals surface area contributed by atoms with Gasteiger partial charge in [-0.3, -0.25) is 4.79 Å². The first kappa shape index (κ1) is 18.5. The van der Waals surface area contributed by atoms with Gasteiger partial charge in [-0.15, -0.1) is 0 Å². The number of benzene rings is 2. The molecule has 4 nitrogen and oxygen atoms in total. The predicted octanol–water partition coefficient (Wildman–Crippen LogP) is 2.51. The minimum absolute atomic E-state index is 0.127. The van der Waals surface area contributed by atoms with Gasteiger partial charge in [-0.25, -0.2) is 4.39 Å². The van der Waals surface area contributed by atoms with Crippen molar-refractivity contribution in [1.82, 2.24) is 10.2 Å². The third kappa shape index (κ3) is 4.48. The Morgan fingerprint density at radius 3 is 2.62 bits per heavy atom. The summed E-state index contributed by atoms with van der Waals surface area (Å²) in [4.78, 5) is 14.5. The molecule has 1 heterocycles. The molecule has 0 saturated carbocycles. The first-order valence-corrected chi connectivity index (χ1v) is 9.08. The summed E-state index contributed by atoms with van der Waals surface area (Å²) in [6.07, 6.45) is 1.96. The highest BCUT2D eigenvalue weighted by molar-refractivity contribution is 5.86. The Morgan fingerprint density at radius 2 is 1.85 bits per heavy atom. The highest BCUT2D eigenvalue weighted by Gasteiger charge is 2.41. The van der Waals surface area contributed by atoms with Crippen LogP contribution >= 0.6 is 0 Å². The molecule has 0 bridgehead atoms. The number of hydrogen-bond acceptors (Lipinski definition) is 3. The Balaban J connectivity index is 1.54. The lowest BCUT2D eigenvalue weighted by molar-refractivity contribution is -0.156. The third-order valence-electron chi connectivity index (χ3n) is 4.91. The van der Waals surface area contributed by atoms with Gasteiger partial charge in [-0.2, -0.15) is 0 Å². The number of amides is 1. The monoisotopic (exact) mass is 356 g/mol. The van der Waals surface area contributed by atoms with E-state index in [2.05, 4.69) is 5.32 Å². The highest BCUT2D eigenvalue weighted by Crippen LogP contribution is 2.22. The first-order valence-electron chi connectivity index (χ1n) is 9.08. The molecule has 2 aromatic carbocycles. The van der Waals surface area contributed by atoms with Crippen molar-refractivity contribution in [1.29, 1.82) is 0 Å². The van der Waals surface area contributed by atoms with Gasteiger partial charge in [0.1, 0.15) is 5.82 Å². The highest BCUT2D eigenvalue weighted by atomic mass is 19.1. The quantitative estimate of drug-likeness (QED) is 0.802. The SMILES string of the molecule is O=C1N(CCc2ccccc2)CCCC1(O)CNCc1ccccc1F. The zero-order chi connectivity index (χ0) is 18.4. The van der Waals surface area contributed by atoms with E-state index in [-0.39, 0.29) is 24.8 Å². The minimum atomic E-state index is -1.42. The van der Waals surface area contributed by atoms with Crippen molar-refractivity contribution in [2.45, 2.75) is 31.4 Å². The first-order chi connectivity index (χ1) is 12.6. The maximum Gasteiger partial charge on any atom is 0.255 e. The van der Waals surface area contributed by atoms with Gasteiger partial charge in [0, 0.05) is 31.7 Å². The van der Waals surface area contributed by atoms with Gasteiger partial charge in [-0.05, 0) is 30.9 Å². The van der Waals surface area contributed by atoms with E-state index in [0.717, 1.165) is 12.8 Å². The van der Waals surface area contributed by atoms with E-state index in [0.29, 0.717) is 25.1 Å². The van der Waals surface area contributed by atoms with Crippen LogP contribution in [0.2, 0.25) is 0 Å². The number of nitrogens with zero attached hydrogens (tertiary/aromatic N) is 1. The van der Waals surface area contributed by atoms with Gasteiger partial charge >= 0.3 is 0 Å². The summed E-state index contributed by atoms with van der Waals surface area (Å²) in [5.41, 5.74) is 0.285. The molecule has 1 fully saturated rings. The van der Waals surface area contributed by atoms with Gasteiger partial charge in [-0.1, -0.05) is 48.5 Å². The largest absolute Gasteiger partial charge is 0.379 e. The fourth-order valence-corrected chi connectivity index (χ4v) is 3.40. The van der Waals surface area contributed by atoms with Crippen molar-refractivity contribution < 1.29 is 14.3 Å². The lowest BCUT2D eigenvalue weighted by atomic mass is 9.91. The van der Waals surface area contributed by atoms with Crippen molar-refractivity contribution in [2.75, 3.05) is 19.6 Å². The molecule has 0 radical (unpaired) electrons. The van der Waals surface area contributed by atoms with Crippen LogP contribution in [0.15, 0.2) is 54.6 Å². The van der Waals surface area contributed by atoms with Crippen LogP contribution in [-0.4, -0.2) is 41.1 Å². The van der Waals surface area contributed by atoms with Gasteiger partial charge < -0.3 is 15.3 Å². The minimum Gasteiger partial charge on any atom is -0.379 e. The lowest BCUT2D eigenvalue weighted by Gasteiger charge is -2.38. The Morgan fingerprint density at radius 1 is 1.12 bits per heavy atom. The molecule has 0 spiro atoms. The predicted molar refractivity (Wildman–Crippen MR) is 99.0 cm³/mol. The van der Waals surface area contributed by atoms with E-state index in [1.54, 1.807) is 23.1 Å². The third-order valence-corrected chi connectivity index (χ3v) is 4.91. The second-order valence-electron chi connectivity index (χ2n) is 6.86. The number of piperidine rings is 1. The van der Waals surface area contributed by atoms with Crippen molar-refractivity contribution >= 4 is 5.91 Å². The molecule has 2 N–H and O–H groups in total. The molecule has 138 valence electrons. The van der Waals surface area contributed by atoms with Gasteiger partial charge in [0.2, 0.25) is 0 Å². The van der Waals surface area contributed by atoms with Crippen molar-refractivity contribution in [3.8, 4) is 0 Å². The molecule has 26 heavy (non-hydrogen) atoms. The Bertz CT molecular complexity index is 738. The van der Waals surface area contributed by atoms with Gasteiger partial charge in [0.25, 0.3) is 5.91 Å². The number of carbonyl (C=O) groups is 1. The van der Waals surface area contributed by atoms with Crippen LogP contribution in [0.3, 0.4) is 0 Å². The summed E-state index contributed by atoms with van der Waals surface area (Å²) in [7, 11) is 0. The fourth-order valence-electron chi connectivity index (χ4n) is 3.40. The zero-order valence-electron chi connectivity index (χ0n) is 14.8. The van der Waals surface area contributed by atoms with Crippen LogP contribution in [-0.2, 0) is 17.8 Å². The van der Waals surface area contributed by atoms with Crippen LogP contribution in [0.5, 0.6) is 0 Å². The lowest BCUT2D eigenvalue weighted by Crippen LogP contribution is -2.58. The van der Waals surface area contributed by atoms with Gasteiger partial charge in [0.05, 0.1) is 0 Å². The second kappa shape index (κ2) is 8.43. The smallest absolute Gasteiger partial charge is 0.255 e. The van der Waals surface area contributed by atoms with Crippen molar-refractivity contribution in [3.05, 3.63) is 71.5 Å². The Hall–Kier alpha value is -2.24. The Labute approximate surface area is 153 Å². The molecule has 1 amide bonds. The summed E-state index contributed by atoms with van der Waals surface area (Å²) >= 11 is 0. The van der Waals surface area contributed by atoms with E-state index in [4.69, 9.17) is 0 Å². The summed E-state index contributed by atoms with van der Waals surface area (Å²) < 4.78 is 13.7. The number of likely N-dealkylation sites (tertiary alicyclic amines) is 1. The molecular formula is C21H25FN2O2. The zero-order valence-corrected chi connectivity index (χ0v) is 14.8. The van der Waals surface area contributed by atoms with Crippen molar-refractivity contribution in [2.24, 2.45) is 0 Å². The number of aliphatic hydroxyl groups is 1. The topological polar surface area (TPSA) is 52.6 Å². The molecule has 1 atom stereocenters. The Kier molecular flexibility index (Phi) is 6.01. The standard InChI is InChI=1S/C21H25FN2O2/c22-19-10-5-4-9-18(19)15-23-16-21(26)12-6-13-24(20(21)25)14-11-17-7-2-1-3-8-17/h1-5,7-10,23,26H,6,11-16H2. The summed E-state index contributed by atoms with van der Waals surface area (Å²) in [6.45, 7) is 1.67. The van der Waals surface area contributed by atoms with Crippen LogP contribution in [0.25, 0.3) is 0 Å². The van der Waals surface area contributed by atoms with E-state index in [1.807, 2.05) is 30.3 Å². The summed E-state index contributed by atoms with van der Waals surface area (Å²) in [5, 5.41) is 13.8. The van der Waals surface area contributed by atoms with Crippen molar-refractivity contribution in [3.63, 3.8) is 0 Å². The average molecular weight is 356 g/mol. The average Bonchev–Trinajstić information content (AvgIpc) is 2.66. The number of hydrogen-bond donors (Lipinski definition) is 2. The van der Waals surface area contributed by atoms with E-state index >= 15 is 0 Å².